The standard InChI is InChI=1S/C24H19F3N2OS2/c1-13-6-11-16-19(12-13)32-23(20(16)22-28-17-4-2-3-5-18(17)31-22)29-21(30)14-7-9-15(10-8-14)24(25,26)27/h2-5,7-10,13H,6,11-12H2,1H3,(H,29,30). The van der Waals surface area contributed by atoms with E-state index in [1.807, 2.05) is 24.3 Å². The lowest BCUT2D eigenvalue weighted by Gasteiger charge is -2.18. The highest BCUT2D eigenvalue weighted by Crippen LogP contribution is 2.47. The van der Waals surface area contributed by atoms with Crippen LogP contribution in [-0.2, 0) is 19.0 Å². The van der Waals surface area contributed by atoms with Gasteiger partial charge in [-0.05, 0) is 67.1 Å². The number of fused-ring (bicyclic) bond motifs is 2. The number of carbonyl (C=O) groups is 1. The molecule has 8 heteroatoms. The Labute approximate surface area is 190 Å². The van der Waals surface area contributed by atoms with E-state index in [0.717, 1.165) is 52.2 Å². The Morgan fingerprint density at radius 1 is 1.09 bits per heavy atom. The summed E-state index contributed by atoms with van der Waals surface area (Å²) < 4.78 is 39.6. The number of amides is 1. The Morgan fingerprint density at radius 3 is 2.56 bits per heavy atom. The van der Waals surface area contributed by atoms with Crippen molar-refractivity contribution >= 4 is 43.8 Å². The van der Waals surface area contributed by atoms with Crippen molar-refractivity contribution < 1.29 is 18.0 Å². The third-order valence-corrected chi connectivity index (χ3v) is 7.94. The second-order valence-corrected chi connectivity index (χ2v) is 10.2. The minimum atomic E-state index is -4.43. The van der Waals surface area contributed by atoms with E-state index in [9.17, 15) is 18.0 Å². The lowest BCUT2D eigenvalue weighted by Crippen LogP contribution is -2.13. The fraction of sp³-hybridized carbons (Fsp3) is 0.250. The first kappa shape index (κ1) is 21.2. The molecule has 4 aromatic rings. The third kappa shape index (κ3) is 3.93. The average Bonchev–Trinajstić information content (AvgIpc) is 3.33. The summed E-state index contributed by atoms with van der Waals surface area (Å²) in [6.07, 6.45) is -1.48. The van der Waals surface area contributed by atoms with Gasteiger partial charge in [-0.3, -0.25) is 4.79 Å². The molecule has 0 spiro atoms. The summed E-state index contributed by atoms with van der Waals surface area (Å²) in [6, 6.07) is 12.2. The number of thiophene rings is 1. The van der Waals surface area contributed by atoms with E-state index in [-0.39, 0.29) is 5.56 Å². The zero-order valence-corrected chi connectivity index (χ0v) is 18.8. The van der Waals surface area contributed by atoms with Gasteiger partial charge in [-0.25, -0.2) is 4.98 Å². The number of thiazole rings is 1. The van der Waals surface area contributed by atoms with Gasteiger partial charge in [0.05, 0.1) is 15.8 Å². The summed E-state index contributed by atoms with van der Waals surface area (Å²) in [5.41, 5.74) is 2.52. The number of halogens is 3. The topological polar surface area (TPSA) is 42.0 Å². The monoisotopic (exact) mass is 472 g/mol. The van der Waals surface area contributed by atoms with E-state index in [2.05, 4.69) is 12.2 Å². The Balaban J connectivity index is 1.53. The zero-order chi connectivity index (χ0) is 22.5. The molecule has 1 amide bonds. The molecule has 1 unspecified atom stereocenters. The van der Waals surface area contributed by atoms with Crippen LogP contribution in [0.2, 0.25) is 0 Å². The lowest BCUT2D eigenvalue weighted by atomic mass is 9.88. The van der Waals surface area contributed by atoms with Crippen LogP contribution in [0.5, 0.6) is 0 Å². The summed E-state index contributed by atoms with van der Waals surface area (Å²) >= 11 is 3.15. The molecule has 1 aliphatic carbocycles. The molecule has 5 rings (SSSR count). The van der Waals surface area contributed by atoms with Crippen LogP contribution in [0.3, 0.4) is 0 Å². The van der Waals surface area contributed by atoms with Crippen molar-refractivity contribution in [1.29, 1.82) is 0 Å². The van der Waals surface area contributed by atoms with Gasteiger partial charge in [0.25, 0.3) is 5.91 Å². The maximum absolute atomic E-state index is 12.9. The molecule has 2 aromatic carbocycles. The van der Waals surface area contributed by atoms with Crippen LogP contribution in [0.4, 0.5) is 18.2 Å². The molecule has 1 atom stereocenters. The lowest BCUT2D eigenvalue weighted by molar-refractivity contribution is -0.137. The summed E-state index contributed by atoms with van der Waals surface area (Å²) in [4.78, 5) is 19.0. The predicted molar refractivity (Wildman–Crippen MR) is 124 cm³/mol. The van der Waals surface area contributed by atoms with Crippen LogP contribution >= 0.6 is 22.7 Å². The molecule has 0 saturated heterocycles. The molecule has 0 bridgehead atoms. The van der Waals surface area contributed by atoms with Crippen molar-refractivity contribution in [2.24, 2.45) is 5.92 Å². The molecule has 32 heavy (non-hydrogen) atoms. The maximum Gasteiger partial charge on any atom is 0.416 e. The van der Waals surface area contributed by atoms with E-state index in [4.69, 9.17) is 4.98 Å². The number of para-hydroxylation sites is 1. The average molecular weight is 473 g/mol. The number of alkyl halides is 3. The van der Waals surface area contributed by atoms with E-state index in [1.165, 1.54) is 22.6 Å². The summed E-state index contributed by atoms with van der Waals surface area (Å²) in [7, 11) is 0. The first-order chi connectivity index (χ1) is 15.3. The van der Waals surface area contributed by atoms with E-state index in [0.29, 0.717) is 10.9 Å². The minimum absolute atomic E-state index is 0.188. The number of benzene rings is 2. The van der Waals surface area contributed by atoms with Gasteiger partial charge in [0.1, 0.15) is 10.0 Å². The molecule has 2 heterocycles. The molecular formula is C24H19F3N2OS2. The zero-order valence-electron chi connectivity index (χ0n) is 17.1. The van der Waals surface area contributed by atoms with Gasteiger partial charge in [0, 0.05) is 16.0 Å². The molecule has 3 nitrogen and oxygen atoms in total. The van der Waals surface area contributed by atoms with Gasteiger partial charge in [-0.1, -0.05) is 19.1 Å². The number of rotatable bonds is 3. The number of hydrogen-bond acceptors (Lipinski definition) is 4. The van der Waals surface area contributed by atoms with Crippen LogP contribution in [0, 0.1) is 5.92 Å². The van der Waals surface area contributed by atoms with Crippen LogP contribution in [0.25, 0.3) is 20.8 Å². The Kier molecular flexibility index (Phi) is 5.29. The smallest absolute Gasteiger partial charge is 0.313 e. The molecule has 164 valence electrons. The van der Waals surface area contributed by atoms with E-state index in [1.54, 1.807) is 22.7 Å². The van der Waals surface area contributed by atoms with Crippen molar-refractivity contribution in [2.75, 3.05) is 5.32 Å². The van der Waals surface area contributed by atoms with Crippen LogP contribution in [-0.4, -0.2) is 10.9 Å². The quantitative estimate of drug-likeness (QED) is 0.337. The molecule has 0 radical (unpaired) electrons. The molecule has 1 aliphatic rings. The highest BCUT2D eigenvalue weighted by atomic mass is 32.1. The molecule has 0 fully saturated rings. The van der Waals surface area contributed by atoms with Gasteiger partial charge in [0.2, 0.25) is 0 Å². The summed E-state index contributed by atoms with van der Waals surface area (Å²) in [5, 5.41) is 4.54. The van der Waals surface area contributed by atoms with Gasteiger partial charge in [0.15, 0.2) is 0 Å². The van der Waals surface area contributed by atoms with Gasteiger partial charge < -0.3 is 5.32 Å². The van der Waals surface area contributed by atoms with Crippen molar-refractivity contribution in [1.82, 2.24) is 4.98 Å². The van der Waals surface area contributed by atoms with Gasteiger partial charge >= 0.3 is 6.18 Å². The normalized spacial score (nSPS) is 16.2. The number of hydrogen-bond donors (Lipinski definition) is 1. The van der Waals surface area contributed by atoms with Crippen molar-refractivity contribution in [3.05, 3.63) is 70.1 Å². The predicted octanol–water partition coefficient (Wildman–Crippen LogP) is 7.42. The minimum Gasteiger partial charge on any atom is -0.313 e. The molecule has 2 aromatic heterocycles. The first-order valence-corrected chi connectivity index (χ1v) is 11.9. The second-order valence-electron chi connectivity index (χ2n) is 8.07. The number of carbonyl (C=O) groups excluding carboxylic acids is 1. The highest BCUT2D eigenvalue weighted by molar-refractivity contribution is 7.23. The van der Waals surface area contributed by atoms with Gasteiger partial charge in [-0.2, -0.15) is 13.2 Å². The van der Waals surface area contributed by atoms with E-state index >= 15 is 0 Å². The van der Waals surface area contributed by atoms with Crippen LogP contribution < -0.4 is 5.32 Å². The SMILES string of the molecule is CC1CCc2c(sc(NC(=O)c3ccc(C(F)(F)F)cc3)c2-c2nc3ccccc3s2)C1. The summed E-state index contributed by atoms with van der Waals surface area (Å²) in [6.45, 7) is 2.22. The highest BCUT2D eigenvalue weighted by Gasteiger charge is 2.31. The Morgan fingerprint density at radius 2 is 1.84 bits per heavy atom. The largest absolute Gasteiger partial charge is 0.416 e. The molecular weight excluding hydrogens is 453 g/mol. The number of nitrogens with one attached hydrogen (secondary N) is 1. The van der Waals surface area contributed by atoms with E-state index < -0.39 is 17.6 Å². The van der Waals surface area contributed by atoms with Crippen molar-refractivity contribution in [3.63, 3.8) is 0 Å². The Hall–Kier alpha value is -2.71. The first-order valence-electron chi connectivity index (χ1n) is 10.3. The summed E-state index contributed by atoms with van der Waals surface area (Å²) in [5.74, 6) is 0.149. The molecule has 0 saturated carbocycles. The maximum atomic E-state index is 12.9. The molecule has 0 aliphatic heterocycles. The molecule has 1 N–H and O–H groups in total. The third-order valence-electron chi connectivity index (χ3n) is 5.72. The number of anilines is 1. The van der Waals surface area contributed by atoms with Crippen LogP contribution in [0.1, 0.15) is 39.7 Å². The fourth-order valence-electron chi connectivity index (χ4n) is 4.03. The number of aromatic nitrogens is 1. The second kappa shape index (κ2) is 8.01. The number of nitrogens with zero attached hydrogens (tertiary/aromatic N) is 1. The Bertz CT molecular complexity index is 1270. The van der Waals surface area contributed by atoms with Crippen molar-refractivity contribution in [3.8, 4) is 10.6 Å². The van der Waals surface area contributed by atoms with Crippen molar-refractivity contribution in [2.45, 2.75) is 32.4 Å². The van der Waals surface area contributed by atoms with Crippen LogP contribution in [0.15, 0.2) is 48.5 Å². The fourth-order valence-corrected chi connectivity index (χ4v) is 6.55. The van der Waals surface area contributed by atoms with Gasteiger partial charge in [-0.15, -0.1) is 22.7 Å².